The summed E-state index contributed by atoms with van der Waals surface area (Å²) in [6.45, 7) is 5.52. The molecule has 2 aromatic rings. The molecule has 3 N–H and O–H groups in total. The number of amides is 2. The molecule has 1 aromatic carbocycles. The van der Waals surface area contributed by atoms with E-state index in [9.17, 15) is 14.7 Å². The molecule has 2 amide bonds. The van der Waals surface area contributed by atoms with E-state index in [1.165, 1.54) is 14.2 Å². The third-order valence-electron chi connectivity index (χ3n) is 3.41. The molecule has 0 spiro atoms. The number of nitrogens with one attached hydrogen (secondary N) is 2. The van der Waals surface area contributed by atoms with Gasteiger partial charge in [0.25, 0.3) is 0 Å². The van der Waals surface area contributed by atoms with Crippen molar-refractivity contribution >= 4 is 29.0 Å². The number of urea groups is 1. The molecule has 140 valence electrons. The third-order valence-corrected chi connectivity index (χ3v) is 4.37. The second kappa shape index (κ2) is 7.65. The zero-order valence-corrected chi connectivity index (χ0v) is 16.1. The van der Waals surface area contributed by atoms with Crippen LogP contribution in [0, 0.1) is 0 Å². The molecule has 26 heavy (non-hydrogen) atoms. The van der Waals surface area contributed by atoms with Gasteiger partial charge in [0, 0.05) is 16.5 Å². The van der Waals surface area contributed by atoms with E-state index in [1.807, 2.05) is 20.8 Å². The lowest BCUT2D eigenvalue weighted by Crippen LogP contribution is -2.43. The van der Waals surface area contributed by atoms with Crippen LogP contribution in [0.4, 0.5) is 10.5 Å². The number of carboxylic acid groups (broad SMARTS) is 1. The number of benzene rings is 1. The number of methoxy groups -OCH3 is 2. The average molecular weight is 378 g/mol. The Kier molecular flexibility index (Phi) is 5.76. The Hall–Kier alpha value is -2.74. The highest BCUT2D eigenvalue weighted by Crippen LogP contribution is 2.40. The topological polar surface area (TPSA) is 96.9 Å². The first-order valence-electron chi connectivity index (χ1n) is 7.82. The van der Waals surface area contributed by atoms with Gasteiger partial charge >= 0.3 is 12.0 Å². The first-order chi connectivity index (χ1) is 12.2. The number of carbonyl (C=O) groups is 2. The second-order valence-electron chi connectivity index (χ2n) is 6.56. The fourth-order valence-corrected chi connectivity index (χ4v) is 3.21. The summed E-state index contributed by atoms with van der Waals surface area (Å²) in [4.78, 5) is 23.9. The minimum atomic E-state index is -1.10. The molecule has 0 radical (unpaired) electrons. The molecule has 1 heterocycles. The van der Waals surface area contributed by atoms with Gasteiger partial charge in [0.2, 0.25) is 0 Å². The molecule has 0 saturated heterocycles. The lowest BCUT2D eigenvalue weighted by Gasteiger charge is -2.21. The van der Waals surface area contributed by atoms with E-state index < -0.39 is 17.5 Å². The van der Waals surface area contributed by atoms with Crippen molar-refractivity contribution in [2.45, 2.75) is 26.3 Å². The van der Waals surface area contributed by atoms with Crippen molar-refractivity contribution in [1.29, 1.82) is 0 Å². The van der Waals surface area contributed by atoms with E-state index in [0.29, 0.717) is 22.6 Å². The average Bonchev–Trinajstić information content (AvgIpc) is 2.95. The minimum absolute atomic E-state index is 0.0545. The molecule has 0 aliphatic rings. The molecular formula is C18H22N2O5S. The molecule has 7 nitrogen and oxygen atoms in total. The number of hydrogen-bond acceptors (Lipinski definition) is 5. The van der Waals surface area contributed by atoms with Gasteiger partial charge < -0.3 is 25.2 Å². The van der Waals surface area contributed by atoms with Crippen LogP contribution < -0.4 is 20.1 Å². The fraction of sp³-hybridized carbons (Fsp3) is 0.333. The second-order valence-corrected chi connectivity index (χ2v) is 7.44. The molecule has 0 unspecified atom stereocenters. The first kappa shape index (κ1) is 19.6. The van der Waals surface area contributed by atoms with Gasteiger partial charge in [0.05, 0.1) is 19.9 Å². The van der Waals surface area contributed by atoms with Crippen LogP contribution in [0.3, 0.4) is 0 Å². The number of ether oxygens (including phenoxy) is 2. The van der Waals surface area contributed by atoms with Gasteiger partial charge in [-0.25, -0.2) is 9.59 Å². The van der Waals surface area contributed by atoms with Crippen LogP contribution in [0.15, 0.2) is 23.6 Å². The van der Waals surface area contributed by atoms with Crippen LogP contribution in [0.2, 0.25) is 0 Å². The van der Waals surface area contributed by atoms with E-state index in [4.69, 9.17) is 9.47 Å². The number of carbonyl (C=O) groups excluding carboxylic acids is 1. The van der Waals surface area contributed by atoms with Crippen molar-refractivity contribution in [3.8, 4) is 22.6 Å². The zero-order chi connectivity index (χ0) is 19.5. The molecule has 8 heteroatoms. The first-order valence-corrected chi connectivity index (χ1v) is 8.70. The summed E-state index contributed by atoms with van der Waals surface area (Å²) in [5, 5.41) is 16.6. The summed E-state index contributed by atoms with van der Waals surface area (Å²) in [5.74, 6) is -0.0316. The van der Waals surface area contributed by atoms with Crippen LogP contribution in [-0.4, -0.2) is 36.9 Å². The Balaban J connectivity index is 2.47. The zero-order valence-electron chi connectivity index (χ0n) is 15.3. The number of carboxylic acids is 1. The van der Waals surface area contributed by atoms with Crippen molar-refractivity contribution in [3.05, 3.63) is 28.5 Å². The summed E-state index contributed by atoms with van der Waals surface area (Å²) in [5.41, 5.74) is 1.10. The quantitative estimate of drug-likeness (QED) is 0.729. The summed E-state index contributed by atoms with van der Waals surface area (Å²) in [6, 6.07) is 4.77. The molecule has 1 aromatic heterocycles. The molecule has 0 aliphatic carbocycles. The minimum Gasteiger partial charge on any atom is -0.493 e. The molecule has 0 aliphatic heterocycles. The summed E-state index contributed by atoms with van der Waals surface area (Å²) < 4.78 is 10.5. The lowest BCUT2D eigenvalue weighted by molar-refractivity contribution is 0.0703. The number of thiophene rings is 1. The standard InChI is InChI=1S/C18H22N2O5S/c1-18(2,3)20-17(23)19-14-11(9-26-15(14)16(21)22)10-6-7-12(24-4)13(8-10)25-5/h6-9H,1-5H3,(H,21,22)(H2,19,20,23). The highest BCUT2D eigenvalue weighted by molar-refractivity contribution is 7.13. The van der Waals surface area contributed by atoms with Crippen molar-refractivity contribution in [3.63, 3.8) is 0 Å². The Bertz CT molecular complexity index is 823. The molecule has 0 bridgehead atoms. The van der Waals surface area contributed by atoms with Crippen molar-refractivity contribution < 1.29 is 24.2 Å². The van der Waals surface area contributed by atoms with Crippen LogP contribution in [0.5, 0.6) is 11.5 Å². The third kappa shape index (κ3) is 4.45. The SMILES string of the molecule is COc1ccc(-c2csc(C(=O)O)c2NC(=O)NC(C)(C)C)cc1OC. The van der Waals surface area contributed by atoms with Crippen molar-refractivity contribution in [1.82, 2.24) is 5.32 Å². The number of hydrogen-bond donors (Lipinski definition) is 3. The monoisotopic (exact) mass is 378 g/mol. The maximum atomic E-state index is 12.3. The van der Waals surface area contributed by atoms with E-state index in [2.05, 4.69) is 10.6 Å². The van der Waals surface area contributed by atoms with Crippen LogP contribution in [0.25, 0.3) is 11.1 Å². The van der Waals surface area contributed by atoms with Gasteiger partial charge in [0.15, 0.2) is 11.5 Å². The lowest BCUT2D eigenvalue weighted by atomic mass is 10.1. The molecular weight excluding hydrogens is 356 g/mol. The number of rotatable bonds is 5. The Labute approximate surface area is 155 Å². The Morgan fingerprint density at radius 2 is 1.77 bits per heavy atom. The van der Waals surface area contributed by atoms with Crippen LogP contribution >= 0.6 is 11.3 Å². The molecule has 0 fully saturated rings. The van der Waals surface area contributed by atoms with Crippen molar-refractivity contribution in [2.75, 3.05) is 19.5 Å². The smallest absolute Gasteiger partial charge is 0.348 e. The Morgan fingerprint density at radius 1 is 1.12 bits per heavy atom. The number of anilines is 1. The predicted molar refractivity (Wildman–Crippen MR) is 102 cm³/mol. The molecule has 2 rings (SSSR count). The van der Waals surface area contributed by atoms with E-state index >= 15 is 0 Å². The largest absolute Gasteiger partial charge is 0.493 e. The maximum Gasteiger partial charge on any atom is 0.348 e. The molecule has 0 atom stereocenters. The molecule has 0 saturated carbocycles. The Morgan fingerprint density at radius 3 is 2.31 bits per heavy atom. The summed E-state index contributed by atoms with van der Waals surface area (Å²) >= 11 is 1.05. The summed E-state index contributed by atoms with van der Waals surface area (Å²) in [6.07, 6.45) is 0. The van der Waals surface area contributed by atoms with Gasteiger partial charge in [-0.3, -0.25) is 0 Å². The van der Waals surface area contributed by atoms with E-state index in [1.54, 1.807) is 23.6 Å². The number of aromatic carboxylic acids is 1. The van der Waals surface area contributed by atoms with Gasteiger partial charge in [-0.1, -0.05) is 6.07 Å². The predicted octanol–water partition coefficient (Wildman–Crippen LogP) is 4.05. The highest BCUT2D eigenvalue weighted by atomic mass is 32.1. The van der Waals surface area contributed by atoms with Gasteiger partial charge in [-0.05, 0) is 38.5 Å². The van der Waals surface area contributed by atoms with Crippen LogP contribution in [-0.2, 0) is 0 Å². The normalized spacial score (nSPS) is 11.0. The van der Waals surface area contributed by atoms with Crippen LogP contribution in [0.1, 0.15) is 30.4 Å². The maximum absolute atomic E-state index is 12.3. The summed E-state index contributed by atoms with van der Waals surface area (Å²) in [7, 11) is 3.06. The fourth-order valence-electron chi connectivity index (χ4n) is 2.34. The van der Waals surface area contributed by atoms with Gasteiger partial charge in [0.1, 0.15) is 4.88 Å². The van der Waals surface area contributed by atoms with Gasteiger partial charge in [-0.2, -0.15) is 0 Å². The van der Waals surface area contributed by atoms with Crippen molar-refractivity contribution in [2.24, 2.45) is 0 Å². The van der Waals surface area contributed by atoms with E-state index in [0.717, 1.165) is 11.3 Å². The van der Waals surface area contributed by atoms with Gasteiger partial charge in [-0.15, -0.1) is 11.3 Å². The highest BCUT2D eigenvalue weighted by Gasteiger charge is 2.22. The van der Waals surface area contributed by atoms with E-state index in [-0.39, 0.29) is 10.6 Å².